The van der Waals surface area contributed by atoms with E-state index in [9.17, 15) is 5.26 Å². The molecule has 2 aromatic carbocycles. The maximum atomic E-state index is 9.53. The van der Waals surface area contributed by atoms with Crippen molar-refractivity contribution in [1.82, 2.24) is 15.0 Å². The van der Waals surface area contributed by atoms with Gasteiger partial charge in [-0.3, -0.25) is 0 Å². The van der Waals surface area contributed by atoms with Crippen molar-refractivity contribution in [2.75, 3.05) is 44.1 Å². The minimum Gasteiger partial charge on any atom is -0.494 e. The molecule has 0 bridgehead atoms. The molecular weight excluding hydrogens is 462 g/mol. The van der Waals surface area contributed by atoms with Crippen LogP contribution in [0.5, 0.6) is 5.75 Å². The second-order valence-electron chi connectivity index (χ2n) is 10.1. The van der Waals surface area contributed by atoms with E-state index in [1.807, 2.05) is 31.3 Å². The molecule has 5 rings (SSSR count). The van der Waals surface area contributed by atoms with Crippen LogP contribution in [-0.4, -0.2) is 55.3 Å². The van der Waals surface area contributed by atoms with Gasteiger partial charge in [0.25, 0.3) is 0 Å². The van der Waals surface area contributed by atoms with Gasteiger partial charge in [-0.15, -0.1) is 0 Å². The summed E-state index contributed by atoms with van der Waals surface area (Å²) < 4.78 is 5.59. The Labute approximate surface area is 217 Å². The molecule has 1 fully saturated rings. The van der Waals surface area contributed by atoms with Crippen molar-refractivity contribution >= 4 is 22.5 Å². The topological polar surface area (TPSA) is 107 Å². The Hall–Kier alpha value is -4.09. The molecule has 0 unspecified atom stereocenters. The summed E-state index contributed by atoms with van der Waals surface area (Å²) in [6.07, 6.45) is 3.82. The Morgan fingerprint density at radius 2 is 1.81 bits per heavy atom. The van der Waals surface area contributed by atoms with Crippen molar-refractivity contribution in [3.8, 4) is 34.3 Å². The Morgan fingerprint density at radius 3 is 2.43 bits per heavy atom. The highest BCUT2D eigenvalue weighted by atomic mass is 16.5. The molecule has 0 spiro atoms. The van der Waals surface area contributed by atoms with E-state index < -0.39 is 0 Å². The number of benzene rings is 2. The number of nitrogens with zero attached hydrogens (tertiary/aromatic N) is 5. The molecule has 37 heavy (non-hydrogen) atoms. The van der Waals surface area contributed by atoms with E-state index in [2.05, 4.69) is 48.0 Å². The lowest BCUT2D eigenvalue weighted by Crippen LogP contribution is -2.40. The fourth-order valence-electron chi connectivity index (χ4n) is 5.27. The third kappa shape index (κ3) is 4.58. The summed E-state index contributed by atoms with van der Waals surface area (Å²) in [5.41, 5.74) is 14.9. The van der Waals surface area contributed by atoms with Crippen LogP contribution in [0.3, 0.4) is 0 Å². The van der Waals surface area contributed by atoms with Crippen LogP contribution < -0.4 is 20.3 Å². The fraction of sp³-hybridized carbons (Fsp3) is 0.345. The van der Waals surface area contributed by atoms with Gasteiger partial charge in [-0.1, -0.05) is 29.3 Å². The van der Waals surface area contributed by atoms with E-state index in [-0.39, 0.29) is 6.04 Å². The van der Waals surface area contributed by atoms with Gasteiger partial charge >= 0.3 is 0 Å². The molecule has 3 heterocycles. The van der Waals surface area contributed by atoms with E-state index in [1.165, 1.54) is 11.1 Å². The van der Waals surface area contributed by atoms with Crippen molar-refractivity contribution in [3.05, 3.63) is 53.2 Å². The lowest BCUT2D eigenvalue weighted by atomic mass is 9.95. The molecule has 1 aliphatic heterocycles. The number of rotatable bonds is 5. The zero-order chi connectivity index (χ0) is 26.3. The van der Waals surface area contributed by atoms with Crippen molar-refractivity contribution < 1.29 is 4.74 Å². The molecular formula is C29H33N7O. The third-order valence-corrected chi connectivity index (χ3v) is 6.98. The number of aromatic nitrogens is 3. The minimum atomic E-state index is 0.208. The van der Waals surface area contributed by atoms with Crippen LogP contribution in [0.15, 0.2) is 36.5 Å². The van der Waals surface area contributed by atoms with Gasteiger partial charge in [-0.05, 0) is 38.3 Å². The number of piperidine rings is 1. The smallest absolute Gasteiger partial charge is 0.148 e. The van der Waals surface area contributed by atoms with E-state index in [4.69, 9.17) is 20.4 Å². The number of ether oxygens (including phenoxy) is 1. The number of hydrogen-bond donors (Lipinski definition) is 2. The summed E-state index contributed by atoms with van der Waals surface area (Å²) in [6.45, 7) is 5.95. The predicted molar refractivity (Wildman–Crippen MR) is 149 cm³/mol. The van der Waals surface area contributed by atoms with Crippen molar-refractivity contribution in [2.45, 2.75) is 32.7 Å². The maximum absolute atomic E-state index is 9.53. The molecule has 8 nitrogen and oxygen atoms in total. The number of pyridine rings is 1. The number of methoxy groups -OCH3 is 1. The van der Waals surface area contributed by atoms with Crippen molar-refractivity contribution in [3.63, 3.8) is 0 Å². The number of nitrogens with one attached hydrogen (secondary N) is 1. The van der Waals surface area contributed by atoms with Crippen molar-refractivity contribution in [1.29, 1.82) is 5.26 Å². The molecule has 1 saturated heterocycles. The number of fused-ring (bicyclic) bond motifs is 1. The first-order chi connectivity index (χ1) is 17.8. The summed E-state index contributed by atoms with van der Waals surface area (Å²) in [6, 6.07) is 12.6. The SMILES string of the molecule is COc1cc(C#N)cc2[nH]c(-c3c(N(C)C)ncc(-c4cc(C)cc(C)c4)c3N3CCC(N)CC3)nc12. The average Bonchev–Trinajstić information content (AvgIpc) is 3.31. The normalized spacial score (nSPS) is 14.1. The van der Waals surface area contributed by atoms with Crippen LogP contribution in [-0.2, 0) is 0 Å². The maximum Gasteiger partial charge on any atom is 0.148 e. The van der Waals surface area contributed by atoms with Crippen LogP contribution in [0.1, 0.15) is 29.5 Å². The quantitative estimate of drug-likeness (QED) is 0.410. The Balaban J connectivity index is 1.83. The lowest BCUT2D eigenvalue weighted by Gasteiger charge is -2.35. The summed E-state index contributed by atoms with van der Waals surface area (Å²) in [4.78, 5) is 17.9. The van der Waals surface area contributed by atoms with Gasteiger partial charge in [0.15, 0.2) is 0 Å². The van der Waals surface area contributed by atoms with E-state index in [0.29, 0.717) is 22.7 Å². The highest BCUT2D eigenvalue weighted by molar-refractivity contribution is 5.97. The second-order valence-corrected chi connectivity index (χ2v) is 10.1. The molecule has 3 N–H and O–H groups in total. The number of aromatic amines is 1. The summed E-state index contributed by atoms with van der Waals surface area (Å²) in [5, 5.41) is 9.53. The van der Waals surface area contributed by atoms with Gasteiger partial charge in [0, 0.05) is 51.1 Å². The van der Waals surface area contributed by atoms with Crippen molar-refractivity contribution in [2.24, 2.45) is 5.73 Å². The first-order valence-electron chi connectivity index (χ1n) is 12.6. The van der Waals surface area contributed by atoms with Crippen LogP contribution in [0.4, 0.5) is 11.5 Å². The highest BCUT2D eigenvalue weighted by Gasteiger charge is 2.28. The first kappa shape index (κ1) is 24.6. The van der Waals surface area contributed by atoms with Crippen LogP contribution in [0, 0.1) is 25.2 Å². The molecule has 1 aliphatic rings. The molecule has 0 amide bonds. The summed E-state index contributed by atoms with van der Waals surface area (Å²) in [5.74, 6) is 2.07. The predicted octanol–water partition coefficient (Wildman–Crippen LogP) is 4.78. The average molecular weight is 496 g/mol. The third-order valence-electron chi connectivity index (χ3n) is 6.98. The molecule has 2 aromatic heterocycles. The molecule has 0 saturated carbocycles. The Morgan fingerprint density at radius 1 is 1.11 bits per heavy atom. The van der Waals surface area contributed by atoms with E-state index in [0.717, 1.165) is 59.6 Å². The molecule has 0 atom stereocenters. The number of H-pyrrole nitrogens is 1. The van der Waals surface area contributed by atoms with Crippen LogP contribution >= 0.6 is 0 Å². The van der Waals surface area contributed by atoms with Gasteiger partial charge in [-0.2, -0.15) is 5.26 Å². The van der Waals surface area contributed by atoms with Crippen LogP contribution in [0.25, 0.3) is 33.5 Å². The summed E-state index contributed by atoms with van der Waals surface area (Å²) in [7, 11) is 5.59. The van der Waals surface area contributed by atoms with E-state index in [1.54, 1.807) is 13.2 Å². The molecule has 8 heteroatoms. The molecule has 4 aromatic rings. The van der Waals surface area contributed by atoms with Gasteiger partial charge in [-0.25, -0.2) is 9.97 Å². The minimum absolute atomic E-state index is 0.208. The van der Waals surface area contributed by atoms with Crippen LogP contribution in [0.2, 0.25) is 0 Å². The number of anilines is 2. The fourth-order valence-corrected chi connectivity index (χ4v) is 5.27. The number of aryl methyl sites for hydroxylation is 2. The zero-order valence-corrected chi connectivity index (χ0v) is 22.1. The summed E-state index contributed by atoms with van der Waals surface area (Å²) >= 11 is 0. The Bertz CT molecular complexity index is 1490. The first-order valence-corrected chi connectivity index (χ1v) is 12.6. The van der Waals surface area contributed by atoms with Gasteiger partial charge in [0.1, 0.15) is 22.9 Å². The standard InChI is InChI=1S/C29H33N7O/c1-17-10-18(2)12-20(11-17)22-16-32-29(35(3)4)25(27(22)36-8-6-21(31)7-9-36)28-33-23-13-19(15-30)14-24(37-5)26(23)34-28/h10-14,16,21H,6-9,31H2,1-5H3,(H,33,34). The van der Waals surface area contributed by atoms with E-state index >= 15 is 0 Å². The highest BCUT2D eigenvalue weighted by Crippen LogP contribution is 2.45. The number of imidazole rings is 1. The second kappa shape index (κ2) is 9.75. The molecule has 190 valence electrons. The molecule has 0 aliphatic carbocycles. The Kier molecular flexibility index (Phi) is 6.48. The molecule has 0 radical (unpaired) electrons. The number of nitrogens with two attached hydrogens (primary N) is 1. The van der Waals surface area contributed by atoms with Gasteiger partial charge < -0.3 is 25.3 Å². The lowest BCUT2D eigenvalue weighted by molar-refractivity contribution is 0.419. The number of hydrogen-bond acceptors (Lipinski definition) is 7. The largest absolute Gasteiger partial charge is 0.494 e. The van der Waals surface area contributed by atoms with Gasteiger partial charge in [0.2, 0.25) is 0 Å². The van der Waals surface area contributed by atoms with Gasteiger partial charge in [0.05, 0.1) is 35.5 Å². The number of nitriles is 1. The zero-order valence-electron chi connectivity index (χ0n) is 22.1. The monoisotopic (exact) mass is 495 g/mol.